The first-order valence-corrected chi connectivity index (χ1v) is 6.60. The molecule has 1 atom stereocenters. The molecule has 0 aliphatic heterocycles. The van der Waals surface area contributed by atoms with Crippen LogP contribution in [0.2, 0.25) is 0 Å². The van der Waals surface area contributed by atoms with E-state index >= 15 is 0 Å². The number of carbonyl (C=O) groups excluding carboxylic acids is 1. The number of nitrogens with two attached hydrogens (primary N) is 1. The van der Waals surface area contributed by atoms with Crippen LogP contribution in [-0.2, 0) is 17.8 Å². The molecule has 0 spiro atoms. The van der Waals surface area contributed by atoms with Crippen LogP contribution in [0.4, 0.5) is 4.39 Å². The molecule has 1 amide bonds. The number of amides is 1. The summed E-state index contributed by atoms with van der Waals surface area (Å²) >= 11 is 0. The minimum atomic E-state index is -0.692. The topological polar surface area (TPSA) is 75.3 Å². The van der Waals surface area contributed by atoms with E-state index in [1.807, 2.05) is 0 Å². The zero-order chi connectivity index (χ0) is 15.2. The number of aromatic hydroxyl groups is 1. The number of hydrogen-bond donors (Lipinski definition) is 3. The lowest BCUT2D eigenvalue weighted by atomic mass is 10.1. The van der Waals surface area contributed by atoms with Crippen LogP contribution in [0.5, 0.6) is 5.75 Å². The van der Waals surface area contributed by atoms with Crippen LogP contribution in [0.25, 0.3) is 0 Å². The van der Waals surface area contributed by atoms with Crippen LogP contribution in [0.1, 0.15) is 11.1 Å². The van der Waals surface area contributed by atoms with Crippen LogP contribution in [0.3, 0.4) is 0 Å². The Kier molecular flexibility index (Phi) is 4.90. The molecule has 4 nitrogen and oxygen atoms in total. The lowest BCUT2D eigenvalue weighted by Crippen LogP contribution is -2.41. The van der Waals surface area contributed by atoms with Gasteiger partial charge in [0.25, 0.3) is 0 Å². The Labute approximate surface area is 122 Å². The summed E-state index contributed by atoms with van der Waals surface area (Å²) in [6.07, 6.45) is 0.370. The fourth-order valence-corrected chi connectivity index (χ4v) is 1.95. The standard InChI is InChI=1S/C16H17FN2O2/c17-13-3-1-2-12(8-13)10-19-16(21)15(18)9-11-4-6-14(20)7-5-11/h1-8,15,20H,9-10,18H2,(H,19,21)/t15-/m1/s1. The molecule has 0 saturated heterocycles. The minimum Gasteiger partial charge on any atom is -0.508 e. The fraction of sp³-hybridized carbons (Fsp3) is 0.188. The van der Waals surface area contributed by atoms with Crippen LogP contribution in [-0.4, -0.2) is 17.1 Å². The summed E-state index contributed by atoms with van der Waals surface area (Å²) in [6.45, 7) is 0.236. The number of hydrogen-bond acceptors (Lipinski definition) is 3. The molecule has 0 fully saturated rings. The summed E-state index contributed by atoms with van der Waals surface area (Å²) in [6, 6.07) is 11.9. The van der Waals surface area contributed by atoms with E-state index in [-0.39, 0.29) is 24.0 Å². The van der Waals surface area contributed by atoms with Crippen molar-refractivity contribution in [2.75, 3.05) is 0 Å². The first kappa shape index (κ1) is 15.0. The Bertz CT molecular complexity index is 614. The average molecular weight is 288 g/mol. The van der Waals surface area contributed by atoms with Gasteiger partial charge in [0.1, 0.15) is 11.6 Å². The number of halogens is 1. The van der Waals surface area contributed by atoms with Gasteiger partial charge in [0.05, 0.1) is 6.04 Å². The van der Waals surface area contributed by atoms with E-state index in [0.29, 0.717) is 12.0 Å². The van der Waals surface area contributed by atoms with Crippen molar-refractivity contribution in [2.24, 2.45) is 5.73 Å². The van der Waals surface area contributed by atoms with Gasteiger partial charge in [0, 0.05) is 6.54 Å². The molecular formula is C16H17FN2O2. The van der Waals surface area contributed by atoms with Crippen LogP contribution < -0.4 is 11.1 Å². The lowest BCUT2D eigenvalue weighted by Gasteiger charge is -2.12. The Hall–Kier alpha value is -2.40. The normalized spacial score (nSPS) is 11.9. The maximum absolute atomic E-state index is 13.0. The van der Waals surface area contributed by atoms with Crippen LogP contribution >= 0.6 is 0 Å². The first-order chi connectivity index (χ1) is 10.0. The van der Waals surface area contributed by atoms with Gasteiger partial charge in [-0.3, -0.25) is 4.79 Å². The van der Waals surface area contributed by atoms with Gasteiger partial charge in [-0.1, -0.05) is 24.3 Å². The fourth-order valence-electron chi connectivity index (χ4n) is 1.95. The summed E-state index contributed by atoms with van der Waals surface area (Å²) in [5, 5.41) is 11.9. The van der Waals surface area contributed by atoms with Crippen molar-refractivity contribution in [1.29, 1.82) is 0 Å². The molecule has 4 N–H and O–H groups in total. The van der Waals surface area contributed by atoms with Gasteiger partial charge in [-0.2, -0.15) is 0 Å². The molecular weight excluding hydrogens is 271 g/mol. The number of phenolic OH excluding ortho intramolecular Hbond substituents is 1. The third-order valence-corrected chi connectivity index (χ3v) is 3.08. The van der Waals surface area contributed by atoms with Crippen molar-refractivity contribution < 1.29 is 14.3 Å². The van der Waals surface area contributed by atoms with Crippen molar-refractivity contribution in [3.8, 4) is 5.75 Å². The molecule has 0 saturated carbocycles. The smallest absolute Gasteiger partial charge is 0.237 e. The predicted octanol–water partition coefficient (Wildman–Crippen LogP) is 1.72. The van der Waals surface area contributed by atoms with Gasteiger partial charge in [-0.25, -0.2) is 4.39 Å². The zero-order valence-electron chi connectivity index (χ0n) is 11.4. The second kappa shape index (κ2) is 6.85. The van der Waals surface area contributed by atoms with Crippen molar-refractivity contribution in [1.82, 2.24) is 5.32 Å². The molecule has 0 radical (unpaired) electrons. The zero-order valence-corrected chi connectivity index (χ0v) is 11.4. The Morgan fingerprint density at radius 2 is 1.90 bits per heavy atom. The van der Waals surface area contributed by atoms with E-state index in [0.717, 1.165) is 5.56 Å². The van der Waals surface area contributed by atoms with E-state index in [2.05, 4.69) is 5.32 Å². The van der Waals surface area contributed by atoms with Gasteiger partial charge in [-0.15, -0.1) is 0 Å². The average Bonchev–Trinajstić information content (AvgIpc) is 2.47. The lowest BCUT2D eigenvalue weighted by molar-refractivity contribution is -0.122. The third-order valence-electron chi connectivity index (χ3n) is 3.08. The van der Waals surface area contributed by atoms with Gasteiger partial charge < -0.3 is 16.2 Å². The number of benzene rings is 2. The largest absolute Gasteiger partial charge is 0.508 e. The first-order valence-electron chi connectivity index (χ1n) is 6.60. The number of nitrogens with one attached hydrogen (secondary N) is 1. The summed E-state index contributed by atoms with van der Waals surface area (Å²) in [7, 11) is 0. The predicted molar refractivity (Wildman–Crippen MR) is 78.0 cm³/mol. The highest BCUT2D eigenvalue weighted by Gasteiger charge is 2.13. The number of phenols is 1. The van der Waals surface area contributed by atoms with Crippen LogP contribution in [0.15, 0.2) is 48.5 Å². The highest BCUT2D eigenvalue weighted by Crippen LogP contribution is 2.11. The van der Waals surface area contributed by atoms with Gasteiger partial charge in [0.2, 0.25) is 5.91 Å². The molecule has 0 heterocycles. The van der Waals surface area contributed by atoms with E-state index in [1.165, 1.54) is 12.1 Å². The minimum absolute atomic E-state index is 0.169. The molecule has 2 aromatic rings. The molecule has 21 heavy (non-hydrogen) atoms. The summed E-state index contributed by atoms with van der Waals surface area (Å²) in [5.41, 5.74) is 7.38. The molecule has 110 valence electrons. The second-order valence-corrected chi connectivity index (χ2v) is 4.82. The maximum atomic E-state index is 13.0. The third kappa shape index (κ3) is 4.57. The monoisotopic (exact) mass is 288 g/mol. The maximum Gasteiger partial charge on any atom is 0.237 e. The van der Waals surface area contributed by atoms with E-state index < -0.39 is 6.04 Å². The van der Waals surface area contributed by atoms with Crippen molar-refractivity contribution in [3.05, 3.63) is 65.5 Å². The molecule has 0 aliphatic carbocycles. The summed E-state index contributed by atoms with van der Waals surface area (Å²) < 4.78 is 13.0. The van der Waals surface area contributed by atoms with E-state index in [1.54, 1.807) is 36.4 Å². The number of rotatable bonds is 5. The molecule has 0 bridgehead atoms. The van der Waals surface area contributed by atoms with Gasteiger partial charge >= 0.3 is 0 Å². The summed E-state index contributed by atoms with van der Waals surface area (Å²) in [5.74, 6) is -0.467. The highest BCUT2D eigenvalue weighted by atomic mass is 19.1. The molecule has 2 aromatic carbocycles. The van der Waals surface area contributed by atoms with Gasteiger partial charge in [-0.05, 0) is 41.8 Å². The molecule has 5 heteroatoms. The Morgan fingerprint density at radius 3 is 2.57 bits per heavy atom. The quantitative estimate of drug-likeness (QED) is 0.784. The van der Waals surface area contributed by atoms with Crippen molar-refractivity contribution >= 4 is 5.91 Å². The van der Waals surface area contributed by atoms with Crippen molar-refractivity contribution in [2.45, 2.75) is 19.0 Å². The Morgan fingerprint density at radius 1 is 1.19 bits per heavy atom. The summed E-state index contributed by atoms with van der Waals surface area (Å²) in [4.78, 5) is 11.9. The van der Waals surface area contributed by atoms with Gasteiger partial charge in [0.15, 0.2) is 0 Å². The highest BCUT2D eigenvalue weighted by molar-refractivity contribution is 5.81. The van der Waals surface area contributed by atoms with E-state index in [4.69, 9.17) is 5.73 Å². The SMILES string of the molecule is N[C@H](Cc1ccc(O)cc1)C(=O)NCc1cccc(F)c1. The van der Waals surface area contributed by atoms with Crippen LogP contribution in [0, 0.1) is 5.82 Å². The van der Waals surface area contributed by atoms with Crippen molar-refractivity contribution in [3.63, 3.8) is 0 Å². The molecule has 0 aliphatic rings. The number of carbonyl (C=O) groups is 1. The second-order valence-electron chi connectivity index (χ2n) is 4.82. The molecule has 0 unspecified atom stereocenters. The molecule has 2 rings (SSSR count). The molecule has 0 aromatic heterocycles. The Balaban J connectivity index is 1.86. The van der Waals surface area contributed by atoms with E-state index in [9.17, 15) is 14.3 Å².